The van der Waals surface area contributed by atoms with Gasteiger partial charge in [0.25, 0.3) is 0 Å². The molecule has 0 aliphatic carbocycles. The van der Waals surface area contributed by atoms with Crippen LogP contribution in [0.5, 0.6) is 0 Å². The minimum Gasteiger partial charge on any atom is -0.399 e. The molecule has 0 unspecified atom stereocenters. The maximum atomic E-state index is 5.71. The van der Waals surface area contributed by atoms with E-state index in [2.05, 4.69) is 30.9 Å². The number of unbranched alkanes of at least 4 members (excludes halogenated alkanes) is 5. The molecule has 0 atom stereocenters. The molecule has 0 aliphatic rings. The molecule has 1 rings (SSSR count). The van der Waals surface area contributed by atoms with Crippen LogP contribution >= 0.6 is 0 Å². The zero-order valence-electron chi connectivity index (χ0n) is 12.7. The minimum absolute atomic E-state index is 0.850. The molecule has 19 heavy (non-hydrogen) atoms. The summed E-state index contributed by atoms with van der Waals surface area (Å²) in [6, 6.07) is 8.26. The number of nitrogens with two attached hydrogens (primary N) is 1. The van der Waals surface area contributed by atoms with Gasteiger partial charge in [0.05, 0.1) is 0 Å². The molecule has 0 radical (unpaired) electrons. The Kier molecular flexibility index (Phi) is 8.31. The molecule has 0 aliphatic heterocycles. The zero-order chi connectivity index (χ0) is 13.9. The predicted octanol–water partition coefficient (Wildman–Crippen LogP) is 4.45. The molecule has 2 N–H and O–H groups in total. The van der Waals surface area contributed by atoms with Crippen LogP contribution in [-0.2, 0) is 6.54 Å². The van der Waals surface area contributed by atoms with Gasteiger partial charge in [-0.15, -0.1) is 0 Å². The summed E-state index contributed by atoms with van der Waals surface area (Å²) < 4.78 is 0. The summed E-state index contributed by atoms with van der Waals surface area (Å²) in [6.45, 7) is 7.90. The predicted molar refractivity (Wildman–Crippen MR) is 85.2 cm³/mol. The fourth-order valence-electron chi connectivity index (χ4n) is 2.35. The maximum absolute atomic E-state index is 5.71. The highest BCUT2D eigenvalue weighted by molar-refractivity contribution is 5.39. The Hall–Kier alpha value is -1.02. The molecule has 0 fully saturated rings. The first kappa shape index (κ1) is 16.0. The van der Waals surface area contributed by atoms with Crippen molar-refractivity contribution >= 4 is 5.69 Å². The Balaban J connectivity index is 2.20. The van der Waals surface area contributed by atoms with Gasteiger partial charge in [-0.3, -0.25) is 4.90 Å². The fraction of sp³-hybridized carbons (Fsp3) is 0.647. The highest BCUT2D eigenvalue weighted by atomic mass is 15.1. The molecule has 0 saturated carbocycles. The molecule has 0 aromatic heterocycles. The number of hydrogen-bond donors (Lipinski definition) is 1. The number of hydrogen-bond acceptors (Lipinski definition) is 2. The first-order valence-electron chi connectivity index (χ1n) is 7.83. The summed E-state index contributed by atoms with van der Waals surface area (Å²) in [5.74, 6) is 0. The Morgan fingerprint density at radius 3 is 2.16 bits per heavy atom. The van der Waals surface area contributed by atoms with Crippen molar-refractivity contribution in [2.45, 2.75) is 58.9 Å². The van der Waals surface area contributed by atoms with Crippen LogP contribution < -0.4 is 5.73 Å². The van der Waals surface area contributed by atoms with Gasteiger partial charge in [0.2, 0.25) is 0 Å². The lowest BCUT2D eigenvalue weighted by Crippen LogP contribution is -2.24. The Morgan fingerprint density at radius 2 is 1.53 bits per heavy atom. The van der Waals surface area contributed by atoms with Gasteiger partial charge in [-0.25, -0.2) is 0 Å². The van der Waals surface area contributed by atoms with E-state index in [-0.39, 0.29) is 0 Å². The second-order valence-corrected chi connectivity index (χ2v) is 5.38. The summed E-state index contributed by atoms with van der Waals surface area (Å²) in [4.78, 5) is 2.52. The lowest BCUT2D eigenvalue weighted by molar-refractivity contribution is 0.272. The van der Waals surface area contributed by atoms with Crippen molar-refractivity contribution < 1.29 is 0 Å². The van der Waals surface area contributed by atoms with Gasteiger partial charge < -0.3 is 5.73 Å². The second-order valence-electron chi connectivity index (χ2n) is 5.38. The van der Waals surface area contributed by atoms with Gasteiger partial charge in [-0.05, 0) is 37.2 Å². The number of nitrogen functional groups attached to an aromatic ring is 1. The van der Waals surface area contributed by atoms with Crippen LogP contribution in [0.1, 0.15) is 57.9 Å². The Morgan fingerprint density at radius 1 is 0.895 bits per heavy atom. The molecule has 0 saturated heterocycles. The van der Waals surface area contributed by atoms with E-state index in [9.17, 15) is 0 Å². The minimum atomic E-state index is 0.850. The van der Waals surface area contributed by atoms with Crippen LogP contribution in [-0.4, -0.2) is 18.0 Å². The lowest BCUT2D eigenvalue weighted by atomic mass is 10.1. The average molecular weight is 262 g/mol. The number of nitrogens with zero attached hydrogens (tertiary/aromatic N) is 1. The van der Waals surface area contributed by atoms with E-state index in [0.717, 1.165) is 18.8 Å². The van der Waals surface area contributed by atoms with Crippen molar-refractivity contribution in [2.75, 3.05) is 18.8 Å². The first-order chi connectivity index (χ1) is 9.26. The van der Waals surface area contributed by atoms with E-state index in [1.165, 1.54) is 50.6 Å². The number of anilines is 1. The van der Waals surface area contributed by atoms with Gasteiger partial charge in [0.1, 0.15) is 0 Å². The third-order valence-corrected chi connectivity index (χ3v) is 3.66. The Labute approximate surface area is 119 Å². The zero-order valence-corrected chi connectivity index (χ0v) is 12.7. The van der Waals surface area contributed by atoms with Gasteiger partial charge in [0.15, 0.2) is 0 Å². The highest BCUT2D eigenvalue weighted by Crippen LogP contribution is 2.10. The first-order valence-corrected chi connectivity index (χ1v) is 7.83. The van der Waals surface area contributed by atoms with Gasteiger partial charge >= 0.3 is 0 Å². The molecule has 1 aromatic rings. The van der Waals surface area contributed by atoms with Crippen molar-refractivity contribution in [3.05, 3.63) is 29.8 Å². The van der Waals surface area contributed by atoms with E-state index in [1.807, 2.05) is 12.1 Å². The third kappa shape index (κ3) is 7.22. The quantitative estimate of drug-likeness (QED) is 0.498. The molecule has 2 nitrogen and oxygen atoms in total. The normalized spacial score (nSPS) is 11.1. The standard InChI is InChI=1S/C17H30N2/c1-3-5-6-7-8-9-14-19(4-2)15-16-10-12-17(18)13-11-16/h10-13H,3-9,14-15,18H2,1-2H3. The van der Waals surface area contributed by atoms with Crippen molar-refractivity contribution in [2.24, 2.45) is 0 Å². The molecule has 0 heterocycles. The third-order valence-electron chi connectivity index (χ3n) is 3.66. The number of benzene rings is 1. The molecule has 0 spiro atoms. The molecule has 0 bridgehead atoms. The van der Waals surface area contributed by atoms with E-state index in [1.54, 1.807) is 0 Å². The summed E-state index contributed by atoms with van der Waals surface area (Å²) in [7, 11) is 0. The van der Waals surface area contributed by atoms with Crippen LogP contribution in [0.3, 0.4) is 0 Å². The molecule has 0 amide bonds. The summed E-state index contributed by atoms with van der Waals surface area (Å²) in [6.07, 6.45) is 8.22. The van der Waals surface area contributed by atoms with Crippen LogP contribution in [0.25, 0.3) is 0 Å². The highest BCUT2D eigenvalue weighted by Gasteiger charge is 2.03. The van der Waals surface area contributed by atoms with Crippen molar-refractivity contribution in [3.8, 4) is 0 Å². The van der Waals surface area contributed by atoms with Crippen molar-refractivity contribution in [1.29, 1.82) is 0 Å². The van der Waals surface area contributed by atoms with Crippen LogP contribution in [0.15, 0.2) is 24.3 Å². The van der Waals surface area contributed by atoms with E-state index < -0.39 is 0 Å². The van der Waals surface area contributed by atoms with E-state index >= 15 is 0 Å². The van der Waals surface area contributed by atoms with E-state index in [0.29, 0.717) is 0 Å². The Bertz CT molecular complexity index is 319. The van der Waals surface area contributed by atoms with Crippen molar-refractivity contribution in [1.82, 2.24) is 4.90 Å². The fourth-order valence-corrected chi connectivity index (χ4v) is 2.35. The van der Waals surface area contributed by atoms with Gasteiger partial charge in [-0.2, -0.15) is 0 Å². The summed E-state index contributed by atoms with van der Waals surface area (Å²) in [5, 5.41) is 0. The van der Waals surface area contributed by atoms with Gasteiger partial charge in [0, 0.05) is 12.2 Å². The van der Waals surface area contributed by atoms with Crippen LogP contribution in [0.2, 0.25) is 0 Å². The van der Waals surface area contributed by atoms with Gasteiger partial charge in [-0.1, -0.05) is 58.1 Å². The van der Waals surface area contributed by atoms with Crippen LogP contribution in [0, 0.1) is 0 Å². The smallest absolute Gasteiger partial charge is 0.0314 e. The molecule has 108 valence electrons. The molecular formula is C17H30N2. The van der Waals surface area contributed by atoms with Crippen molar-refractivity contribution in [3.63, 3.8) is 0 Å². The SMILES string of the molecule is CCCCCCCCN(CC)Cc1ccc(N)cc1. The summed E-state index contributed by atoms with van der Waals surface area (Å²) >= 11 is 0. The largest absolute Gasteiger partial charge is 0.399 e. The molecule has 2 heteroatoms. The molecule has 1 aromatic carbocycles. The van der Waals surface area contributed by atoms with E-state index in [4.69, 9.17) is 5.73 Å². The average Bonchev–Trinajstić information content (AvgIpc) is 2.43. The lowest BCUT2D eigenvalue weighted by Gasteiger charge is -2.20. The second kappa shape index (κ2) is 9.85. The topological polar surface area (TPSA) is 29.3 Å². The van der Waals surface area contributed by atoms with Crippen LogP contribution in [0.4, 0.5) is 5.69 Å². The number of rotatable bonds is 10. The summed E-state index contributed by atoms with van der Waals surface area (Å²) in [5.41, 5.74) is 7.93. The monoisotopic (exact) mass is 262 g/mol. The molecular weight excluding hydrogens is 232 g/mol. The maximum Gasteiger partial charge on any atom is 0.0314 e.